The van der Waals surface area contributed by atoms with Crippen LogP contribution in [0.3, 0.4) is 0 Å². The summed E-state index contributed by atoms with van der Waals surface area (Å²) < 4.78 is 10.9. The summed E-state index contributed by atoms with van der Waals surface area (Å²) in [6.07, 6.45) is -0.809. The minimum atomic E-state index is -1.43. The van der Waals surface area contributed by atoms with E-state index in [1.54, 1.807) is 0 Å². The van der Waals surface area contributed by atoms with Crippen LogP contribution in [-0.4, -0.2) is 69.0 Å². The van der Waals surface area contributed by atoms with E-state index < -0.39 is 37.3 Å². The lowest BCUT2D eigenvalue weighted by molar-refractivity contribution is -0.233. The van der Waals surface area contributed by atoms with Gasteiger partial charge in [-0.2, -0.15) is 0 Å². The second kappa shape index (κ2) is 7.66. The Morgan fingerprint density at radius 1 is 1.10 bits per heavy atom. The Kier molecular flexibility index (Phi) is 6.15. The number of aliphatic hydroxyl groups is 4. The average Bonchev–Trinajstić information content (AvgIpc) is 2.49. The van der Waals surface area contributed by atoms with Gasteiger partial charge in [-0.05, 0) is 37.9 Å². The number of rotatable bonds is 3. The Labute approximate surface area is 128 Å². The molecule has 0 spiro atoms. The predicted octanol–water partition coefficient (Wildman–Crippen LogP) is -0.990. The topological polar surface area (TPSA) is 111 Å². The van der Waals surface area contributed by atoms with E-state index in [2.05, 4.69) is 5.32 Å². The first kappa shape index (κ1) is 16.9. The fourth-order valence-electron chi connectivity index (χ4n) is 2.71. The van der Waals surface area contributed by atoms with E-state index in [-0.39, 0.29) is 11.3 Å². The normalized spacial score (nSPS) is 38.0. The first-order valence-electron chi connectivity index (χ1n) is 7.30. The molecule has 0 unspecified atom stereocenters. The van der Waals surface area contributed by atoms with E-state index in [4.69, 9.17) is 26.8 Å². The van der Waals surface area contributed by atoms with Crippen molar-refractivity contribution in [1.82, 2.24) is 5.32 Å². The van der Waals surface area contributed by atoms with Gasteiger partial charge in [0.15, 0.2) is 6.23 Å². The van der Waals surface area contributed by atoms with Crippen LogP contribution in [-0.2, 0) is 9.47 Å². The van der Waals surface area contributed by atoms with Crippen LogP contribution in [0.4, 0.5) is 0 Å². The molecule has 1 aliphatic heterocycles. The molecule has 7 nitrogen and oxygen atoms in total. The molecule has 1 saturated heterocycles. The Balaban J connectivity index is 1.86. The zero-order chi connectivity index (χ0) is 15.4. The quantitative estimate of drug-likeness (QED) is 0.421. The molecule has 122 valence electrons. The molecule has 0 aromatic carbocycles. The SMILES string of the molecule is OC[C@@H]1O[C@H](NC(=S)OC2CCCCC2)[C@H](O)[C@@H](O)[C@H]1O. The second-order valence-corrected chi connectivity index (χ2v) is 5.93. The van der Waals surface area contributed by atoms with Gasteiger partial charge in [-0.15, -0.1) is 0 Å². The van der Waals surface area contributed by atoms with E-state index in [1.807, 2.05) is 0 Å². The molecular weight excluding hydrogens is 298 g/mol. The van der Waals surface area contributed by atoms with Gasteiger partial charge >= 0.3 is 0 Å². The van der Waals surface area contributed by atoms with Gasteiger partial charge in [-0.25, -0.2) is 0 Å². The summed E-state index contributed by atoms with van der Waals surface area (Å²) >= 11 is 5.08. The summed E-state index contributed by atoms with van der Waals surface area (Å²) in [6.45, 7) is -0.473. The molecule has 0 aromatic rings. The maximum Gasteiger partial charge on any atom is 0.259 e. The van der Waals surface area contributed by atoms with Crippen LogP contribution < -0.4 is 5.32 Å². The Bertz CT molecular complexity index is 350. The van der Waals surface area contributed by atoms with Crippen molar-refractivity contribution in [1.29, 1.82) is 0 Å². The van der Waals surface area contributed by atoms with Crippen molar-refractivity contribution in [3.63, 3.8) is 0 Å². The number of hydrogen-bond acceptors (Lipinski definition) is 7. The van der Waals surface area contributed by atoms with Gasteiger partial charge in [0.1, 0.15) is 30.5 Å². The first-order chi connectivity index (χ1) is 10.0. The maximum absolute atomic E-state index is 9.88. The third-order valence-electron chi connectivity index (χ3n) is 3.98. The minimum Gasteiger partial charge on any atom is -0.468 e. The van der Waals surface area contributed by atoms with E-state index in [0.717, 1.165) is 25.7 Å². The molecule has 0 bridgehead atoms. The summed E-state index contributed by atoms with van der Waals surface area (Å²) in [7, 11) is 0. The monoisotopic (exact) mass is 321 g/mol. The van der Waals surface area contributed by atoms with E-state index in [0.29, 0.717) is 0 Å². The standard InChI is InChI=1S/C13H23NO6S/c15-6-8-9(16)10(17)11(18)12(20-8)14-13(21)19-7-4-2-1-3-5-7/h7-12,15-18H,1-6H2,(H,14,21)/t8-,9-,10-,11+,12-/m0/s1. The Morgan fingerprint density at radius 2 is 1.76 bits per heavy atom. The van der Waals surface area contributed by atoms with Crippen LogP contribution in [0, 0.1) is 0 Å². The summed E-state index contributed by atoms with van der Waals surface area (Å²) in [5.41, 5.74) is 0. The molecule has 1 saturated carbocycles. The molecule has 1 aliphatic carbocycles. The molecule has 0 amide bonds. The predicted molar refractivity (Wildman–Crippen MR) is 77.5 cm³/mol. The first-order valence-corrected chi connectivity index (χ1v) is 7.71. The number of nitrogens with one attached hydrogen (secondary N) is 1. The van der Waals surface area contributed by atoms with Crippen molar-refractivity contribution >= 4 is 17.4 Å². The van der Waals surface area contributed by atoms with Crippen molar-refractivity contribution in [3.05, 3.63) is 0 Å². The molecule has 0 aromatic heterocycles. The number of aliphatic hydroxyl groups excluding tert-OH is 4. The van der Waals surface area contributed by atoms with Gasteiger partial charge in [-0.1, -0.05) is 6.42 Å². The van der Waals surface area contributed by atoms with Crippen LogP contribution in [0.15, 0.2) is 0 Å². The van der Waals surface area contributed by atoms with Gasteiger partial charge in [0.05, 0.1) is 6.61 Å². The number of thiocarbonyl (C=S) groups is 1. The third kappa shape index (κ3) is 4.24. The fourth-order valence-corrected chi connectivity index (χ4v) is 2.96. The summed E-state index contributed by atoms with van der Waals surface area (Å²) in [4.78, 5) is 0. The molecule has 5 atom stereocenters. The highest BCUT2D eigenvalue weighted by atomic mass is 32.1. The van der Waals surface area contributed by atoms with Crippen LogP contribution in [0.2, 0.25) is 0 Å². The average molecular weight is 321 g/mol. The van der Waals surface area contributed by atoms with Crippen LogP contribution in [0.1, 0.15) is 32.1 Å². The zero-order valence-corrected chi connectivity index (χ0v) is 12.5. The lowest BCUT2D eigenvalue weighted by atomic mass is 9.98. The van der Waals surface area contributed by atoms with Gasteiger partial charge in [0, 0.05) is 0 Å². The molecule has 2 rings (SSSR count). The fraction of sp³-hybridized carbons (Fsp3) is 0.923. The van der Waals surface area contributed by atoms with Crippen LogP contribution in [0.5, 0.6) is 0 Å². The van der Waals surface area contributed by atoms with Crippen molar-refractivity contribution in [2.24, 2.45) is 0 Å². The molecule has 5 N–H and O–H groups in total. The highest BCUT2D eigenvalue weighted by Crippen LogP contribution is 2.22. The molecular formula is C13H23NO6S. The van der Waals surface area contributed by atoms with Crippen LogP contribution in [0.25, 0.3) is 0 Å². The highest BCUT2D eigenvalue weighted by molar-refractivity contribution is 7.80. The smallest absolute Gasteiger partial charge is 0.259 e. The van der Waals surface area contributed by atoms with E-state index in [9.17, 15) is 15.3 Å². The lowest BCUT2D eigenvalue weighted by Crippen LogP contribution is -2.63. The number of ether oxygens (including phenoxy) is 2. The van der Waals surface area contributed by atoms with Crippen molar-refractivity contribution in [2.75, 3.05) is 6.61 Å². The highest BCUT2D eigenvalue weighted by Gasteiger charge is 2.43. The Hall–Kier alpha value is -0.510. The number of hydrogen-bond donors (Lipinski definition) is 5. The third-order valence-corrected chi connectivity index (χ3v) is 4.19. The summed E-state index contributed by atoms with van der Waals surface area (Å²) in [6, 6.07) is 0. The largest absolute Gasteiger partial charge is 0.468 e. The van der Waals surface area contributed by atoms with Crippen molar-refractivity contribution in [3.8, 4) is 0 Å². The molecule has 1 heterocycles. The second-order valence-electron chi connectivity index (χ2n) is 5.56. The molecule has 0 radical (unpaired) electrons. The summed E-state index contributed by atoms with van der Waals surface area (Å²) in [5.74, 6) is 0. The zero-order valence-electron chi connectivity index (χ0n) is 11.7. The van der Waals surface area contributed by atoms with Crippen molar-refractivity contribution in [2.45, 2.75) is 68.9 Å². The lowest BCUT2D eigenvalue weighted by Gasteiger charge is -2.40. The van der Waals surface area contributed by atoms with Crippen LogP contribution >= 0.6 is 12.2 Å². The maximum atomic E-state index is 9.88. The Morgan fingerprint density at radius 3 is 2.38 bits per heavy atom. The minimum absolute atomic E-state index is 0.0589. The van der Waals surface area contributed by atoms with Gasteiger partial charge < -0.3 is 35.2 Å². The molecule has 2 fully saturated rings. The van der Waals surface area contributed by atoms with E-state index in [1.165, 1.54) is 6.42 Å². The molecule has 2 aliphatic rings. The van der Waals surface area contributed by atoms with E-state index >= 15 is 0 Å². The summed E-state index contributed by atoms with van der Waals surface area (Å²) in [5, 5.41) is 41.1. The van der Waals surface area contributed by atoms with Gasteiger partial charge in [0.25, 0.3) is 5.17 Å². The van der Waals surface area contributed by atoms with Gasteiger partial charge in [0.2, 0.25) is 0 Å². The van der Waals surface area contributed by atoms with Gasteiger partial charge in [-0.3, -0.25) is 0 Å². The molecule has 8 heteroatoms. The molecule has 21 heavy (non-hydrogen) atoms. The van der Waals surface area contributed by atoms with Crippen molar-refractivity contribution < 1.29 is 29.9 Å².